The van der Waals surface area contributed by atoms with Gasteiger partial charge in [0.25, 0.3) is 0 Å². The van der Waals surface area contributed by atoms with Crippen molar-refractivity contribution in [3.8, 4) is 0 Å². The van der Waals surface area contributed by atoms with Gasteiger partial charge in [-0.1, -0.05) is 6.92 Å². The SMILES string of the molecule is CNCC(C)C(=O)NC1C2CCC(C2)C1C(=O)O. The van der Waals surface area contributed by atoms with Crippen LogP contribution in [-0.2, 0) is 9.59 Å². The zero-order chi connectivity index (χ0) is 13.3. The van der Waals surface area contributed by atoms with Crippen molar-refractivity contribution in [3.63, 3.8) is 0 Å². The topological polar surface area (TPSA) is 78.4 Å². The van der Waals surface area contributed by atoms with E-state index >= 15 is 0 Å². The molecule has 5 atom stereocenters. The second kappa shape index (κ2) is 5.26. The van der Waals surface area contributed by atoms with Crippen LogP contribution in [0, 0.1) is 23.7 Å². The number of amides is 1. The lowest BCUT2D eigenvalue weighted by Gasteiger charge is -2.29. The second-order valence-electron chi connectivity index (χ2n) is 5.69. The van der Waals surface area contributed by atoms with Crippen LogP contribution in [0.4, 0.5) is 0 Å². The Morgan fingerprint density at radius 3 is 2.61 bits per heavy atom. The maximum atomic E-state index is 12.0. The van der Waals surface area contributed by atoms with Crippen LogP contribution in [0.15, 0.2) is 0 Å². The Labute approximate surface area is 107 Å². The van der Waals surface area contributed by atoms with E-state index < -0.39 is 5.97 Å². The third-order valence-electron chi connectivity index (χ3n) is 4.47. The van der Waals surface area contributed by atoms with E-state index in [9.17, 15) is 14.7 Å². The highest BCUT2D eigenvalue weighted by Gasteiger charge is 2.51. The molecule has 2 fully saturated rings. The van der Waals surface area contributed by atoms with Gasteiger partial charge in [0, 0.05) is 18.5 Å². The molecule has 0 saturated heterocycles. The van der Waals surface area contributed by atoms with Gasteiger partial charge in [0.05, 0.1) is 5.92 Å². The Balaban J connectivity index is 1.99. The molecule has 0 spiro atoms. The van der Waals surface area contributed by atoms with Gasteiger partial charge in [-0.05, 0) is 38.1 Å². The summed E-state index contributed by atoms with van der Waals surface area (Å²) in [5.74, 6) is -0.667. The van der Waals surface area contributed by atoms with Crippen LogP contribution in [0.5, 0.6) is 0 Å². The van der Waals surface area contributed by atoms with E-state index in [1.807, 2.05) is 6.92 Å². The van der Waals surface area contributed by atoms with Crippen LogP contribution in [0.1, 0.15) is 26.2 Å². The summed E-state index contributed by atoms with van der Waals surface area (Å²) in [7, 11) is 1.81. The summed E-state index contributed by atoms with van der Waals surface area (Å²) < 4.78 is 0. The molecule has 5 unspecified atom stereocenters. The lowest BCUT2D eigenvalue weighted by molar-refractivity contribution is -0.144. The minimum absolute atomic E-state index is 0.0341. The predicted molar refractivity (Wildman–Crippen MR) is 67.0 cm³/mol. The van der Waals surface area contributed by atoms with Crippen molar-refractivity contribution in [1.29, 1.82) is 0 Å². The van der Waals surface area contributed by atoms with Gasteiger partial charge in [-0.3, -0.25) is 9.59 Å². The number of carboxylic acid groups (broad SMARTS) is 1. The lowest BCUT2D eigenvalue weighted by Crippen LogP contribution is -2.49. The van der Waals surface area contributed by atoms with E-state index in [2.05, 4.69) is 10.6 Å². The molecule has 2 rings (SSSR count). The summed E-state index contributed by atoms with van der Waals surface area (Å²) in [4.78, 5) is 23.3. The molecule has 1 amide bonds. The van der Waals surface area contributed by atoms with Crippen molar-refractivity contribution in [2.24, 2.45) is 23.7 Å². The molecule has 0 aromatic heterocycles. The first-order valence-electron chi connectivity index (χ1n) is 6.72. The van der Waals surface area contributed by atoms with E-state index in [0.717, 1.165) is 19.3 Å². The highest BCUT2D eigenvalue weighted by atomic mass is 16.4. The Morgan fingerprint density at radius 2 is 2.00 bits per heavy atom. The van der Waals surface area contributed by atoms with Crippen LogP contribution in [0.2, 0.25) is 0 Å². The largest absolute Gasteiger partial charge is 0.481 e. The molecule has 3 N–H and O–H groups in total. The fraction of sp³-hybridized carbons (Fsp3) is 0.846. The average Bonchev–Trinajstić information content (AvgIpc) is 2.89. The Morgan fingerprint density at radius 1 is 1.33 bits per heavy atom. The molecule has 0 aromatic rings. The molecule has 0 aromatic carbocycles. The van der Waals surface area contributed by atoms with Crippen molar-refractivity contribution in [1.82, 2.24) is 10.6 Å². The fourth-order valence-corrected chi connectivity index (χ4v) is 3.56. The van der Waals surface area contributed by atoms with Crippen molar-refractivity contribution in [3.05, 3.63) is 0 Å². The van der Waals surface area contributed by atoms with Gasteiger partial charge >= 0.3 is 5.97 Å². The first kappa shape index (κ1) is 13.3. The van der Waals surface area contributed by atoms with Gasteiger partial charge in [0.2, 0.25) is 5.91 Å². The number of rotatable bonds is 5. The number of fused-ring (bicyclic) bond motifs is 2. The summed E-state index contributed by atoms with van der Waals surface area (Å²) in [6.07, 6.45) is 3.02. The Kier molecular flexibility index (Phi) is 3.90. The molecule has 2 bridgehead atoms. The highest BCUT2D eigenvalue weighted by Crippen LogP contribution is 2.48. The predicted octanol–water partition coefficient (Wildman–Crippen LogP) is 0.457. The number of hydrogen-bond acceptors (Lipinski definition) is 3. The molecule has 0 aliphatic heterocycles. The smallest absolute Gasteiger partial charge is 0.308 e. The van der Waals surface area contributed by atoms with Crippen molar-refractivity contribution in [2.45, 2.75) is 32.2 Å². The summed E-state index contributed by atoms with van der Waals surface area (Å²) in [5.41, 5.74) is 0. The molecular formula is C13H22N2O3. The normalized spacial score (nSPS) is 35.4. The van der Waals surface area contributed by atoms with Gasteiger partial charge in [-0.2, -0.15) is 0 Å². The number of carboxylic acids is 1. The standard InChI is InChI=1S/C13H22N2O3/c1-7(6-14-2)12(16)15-11-9-4-3-8(5-9)10(11)13(17)18/h7-11,14H,3-6H2,1-2H3,(H,15,16)(H,17,18). The monoisotopic (exact) mass is 254 g/mol. The second-order valence-corrected chi connectivity index (χ2v) is 5.69. The van der Waals surface area contributed by atoms with E-state index in [-0.39, 0.29) is 29.7 Å². The average molecular weight is 254 g/mol. The lowest BCUT2D eigenvalue weighted by atomic mass is 9.84. The molecule has 2 aliphatic rings. The number of hydrogen-bond donors (Lipinski definition) is 3. The van der Waals surface area contributed by atoms with Crippen molar-refractivity contribution >= 4 is 11.9 Å². The van der Waals surface area contributed by atoms with E-state index in [1.54, 1.807) is 7.05 Å². The summed E-state index contributed by atoms with van der Waals surface area (Å²) in [5, 5.41) is 15.2. The van der Waals surface area contributed by atoms with E-state index in [1.165, 1.54) is 0 Å². The van der Waals surface area contributed by atoms with E-state index in [0.29, 0.717) is 12.5 Å². The first-order chi connectivity index (χ1) is 8.54. The molecule has 5 heteroatoms. The Hall–Kier alpha value is -1.10. The van der Waals surface area contributed by atoms with Gasteiger partial charge in [-0.25, -0.2) is 0 Å². The molecule has 0 radical (unpaired) electrons. The maximum Gasteiger partial charge on any atom is 0.308 e. The molecule has 2 saturated carbocycles. The number of nitrogens with one attached hydrogen (secondary N) is 2. The zero-order valence-electron chi connectivity index (χ0n) is 11.0. The zero-order valence-corrected chi connectivity index (χ0v) is 11.0. The van der Waals surface area contributed by atoms with Crippen LogP contribution in [0.3, 0.4) is 0 Å². The summed E-state index contributed by atoms with van der Waals surface area (Å²) in [6.45, 7) is 2.47. The van der Waals surface area contributed by atoms with Gasteiger partial charge in [-0.15, -0.1) is 0 Å². The minimum atomic E-state index is -0.756. The first-order valence-corrected chi connectivity index (χ1v) is 6.72. The number of carbonyl (C=O) groups excluding carboxylic acids is 1. The van der Waals surface area contributed by atoms with Gasteiger partial charge in [0.15, 0.2) is 0 Å². The Bertz CT molecular complexity index is 345. The van der Waals surface area contributed by atoms with Crippen LogP contribution in [0.25, 0.3) is 0 Å². The summed E-state index contributed by atoms with van der Waals surface area (Å²) >= 11 is 0. The molecule has 2 aliphatic carbocycles. The molecule has 18 heavy (non-hydrogen) atoms. The fourth-order valence-electron chi connectivity index (χ4n) is 3.56. The molecule has 102 valence electrons. The van der Waals surface area contributed by atoms with Crippen LogP contribution >= 0.6 is 0 Å². The molecular weight excluding hydrogens is 232 g/mol. The maximum absolute atomic E-state index is 12.0. The van der Waals surface area contributed by atoms with Crippen LogP contribution < -0.4 is 10.6 Å². The van der Waals surface area contributed by atoms with Crippen molar-refractivity contribution < 1.29 is 14.7 Å². The number of aliphatic carboxylic acids is 1. The summed E-state index contributed by atoms with van der Waals surface area (Å²) in [6, 6.07) is -0.159. The van der Waals surface area contributed by atoms with E-state index in [4.69, 9.17) is 0 Å². The quantitative estimate of drug-likeness (QED) is 0.666. The molecule has 5 nitrogen and oxygen atoms in total. The van der Waals surface area contributed by atoms with Gasteiger partial charge in [0.1, 0.15) is 0 Å². The minimum Gasteiger partial charge on any atom is -0.481 e. The number of carbonyl (C=O) groups is 2. The van der Waals surface area contributed by atoms with Crippen LogP contribution in [-0.4, -0.2) is 36.6 Å². The third kappa shape index (κ3) is 2.36. The highest BCUT2D eigenvalue weighted by molar-refractivity contribution is 5.80. The molecule has 0 heterocycles. The van der Waals surface area contributed by atoms with Gasteiger partial charge < -0.3 is 15.7 Å². The van der Waals surface area contributed by atoms with Crippen molar-refractivity contribution in [2.75, 3.05) is 13.6 Å². The third-order valence-corrected chi connectivity index (χ3v) is 4.47.